The molecule has 1 unspecified atom stereocenters. The van der Waals surface area contributed by atoms with Crippen LogP contribution in [0, 0.1) is 5.82 Å². The number of hydrogen-bond donors (Lipinski definition) is 1. The molecule has 4 aromatic rings. The van der Waals surface area contributed by atoms with Gasteiger partial charge in [-0.15, -0.1) is 0 Å². The van der Waals surface area contributed by atoms with Gasteiger partial charge in [0, 0.05) is 5.56 Å². The van der Waals surface area contributed by atoms with E-state index >= 15 is 0 Å². The Balaban J connectivity index is 1.65. The van der Waals surface area contributed by atoms with Crippen LogP contribution in [0.5, 0.6) is 5.75 Å². The summed E-state index contributed by atoms with van der Waals surface area (Å²) in [6.07, 6.45) is 1.42. The number of fused-ring (bicyclic) bond motifs is 1. The number of ketones is 1. The molecule has 2 aromatic carbocycles. The van der Waals surface area contributed by atoms with Crippen LogP contribution in [0.1, 0.15) is 24.3 Å². The molecule has 166 valence electrons. The van der Waals surface area contributed by atoms with Crippen LogP contribution in [0.15, 0.2) is 70.9 Å². The van der Waals surface area contributed by atoms with Crippen molar-refractivity contribution in [1.82, 2.24) is 4.98 Å². The van der Waals surface area contributed by atoms with Crippen molar-refractivity contribution in [2.45, 2.75) is 13.0 Å². The monoisotopic (exact) mass is 464 g/mol. The number of aliphatic hydroxyl groups excluding tert-OH is 1. The minimum absolute atomic E-state index is 0.121. The first-order chi connectivity index (χ1) is 16.0. The minimum Gasteiger partial charge on any atom is -0.507 e. The third-order valence-corrected chi connectivity index (χ3v) is 6.26. The molecule has 0 bridgehead atoms. The highest BCUT2D eigenvalue weighted by Gasteiger charge is 2.49. The van der Waals surface area contributed by atoms with Gasteiger partial charge in [-0.25, -0.2) is 9.37 Å². The third kappa shape index (κ3) is 3.56. The van der Waals surface area contributed by atoms with Gasteiger partial charge in [0.1, 0.15) is 29.1 Å². The maximum atomic E-state index is 13.7. The number of amides is 1. The molecule has 1 atom stereocenters. The summed E-state index contributed by atoms with van der Waals surface area (Å²) < 4.78 is 25.2. The molecule has 0 radical (unpaired) electrons. The SMILES string of the molecule is CCOc1ccc(C(O)=C2C(=O)C(=O)N(c3nc4ccc(F)cc4s3)C2c2ccco2)cc1. The normalized spacial score (nSPS) is 17.8. The van der Waals surface area contributed by atoms with Crippen molar-refractivity contribution < 1.29 is 28.2 Å². The summed E-state index contributed by atoms with van der Waals surface area (Å²) in [5.41, 5.74) is 0.715. The van der Waals surface area contributed by atoms with Crippen LogP contribution in [-0.2, 0) is 9.59 Å². The summed E-state index contributed by atoms with van der Waals surface area (Å²) in [5.74, 6) is -1.60. The lowest BCUT2D eigenvalue weighted by atomic mass is 9.99. The molecule has 1 aliphatic rings. The van der Waals surface area contributed by atoms with E-state index < -0.39 is 23.5 Å². The molecule has 9 heteroatoms. The van der Waals surface area contributed by atoms with Crippen molar-refractivity contribution in [3.05, 3.63) is 83.6 Å². The summed E-state index contributed by atoms with van der Waals surface area (Å²) >= 11 is 1.07. The second-order valence-electron chi connectivity index (χ2n) is 7.25. The maximum absolute atomic E-state index is 13.7. The quantitative estimate of drug-likeness (QED) is 0.252. The lowest BCUT2D eigenvalue weighted by Crippen LogP contribution is -2.29. The van der Waals surface area contributed by atoms with Crippen molar-refractivity contribution in [2.24, 2.45) is 0 Å². The Kier molecular flexibility index (Phi) is 5.18. The third-order valence-electron chi connectivity index (χ3n) is 5.24. The highest BCUT2D eigenvalue weighted by Crippen LogP contribution is 2.44. The van der Waals surface area contributed by atoms with Gasteiger partial charge in [-0.3, -0.25) is 14.5 Å². The summed E-state index contributed by atoms with van der Waals surface area (Å²) in [4.78, 5) is 31.8. The first kappa shape index (κ1) is 20.9. The molecule has 1 amide bonds. The maximum Gasteiger partial charge on any atom is 0.302 e. The van der Waals surface area contributed by atoms with E-state index in [0.717, 1.165) is 11.3 Å². The van der Waals surface area contributed by atoms with Crippen LogP contribution in [0.3, 0.4) is 0 Å². The fraction of sp³-hybridized carbons (Fsp3) is 0.125. The molecular weight excluding hydrogens is 447 g/mol. The molecule has 1 fully saturated rings. The highest BCUT2D eigenvalue weighted by atomic mass is 32.1. The largest absolute Gasteiger partial charge is 0.507 e. The van der Waals surface area contributed by atoms with Gasteiger partial charge in [0.2, 0.25) is 0 Å². The van der Waals surface area contributed by atoms with Crippen LogP contribution in [0.4, 0.5) is 9.52 Å². The number of halogens is 1. The molecule has 1 N–H and O–H groups in total. The smallest absolute Gasteiger partial charge is 0.302 e. The van der Waals surface area contributed by atoms with Gasteiger partial charge in [-0.1, -0.05) is 11.3 Å². The molecule has 5 rings (SSSR count). The zero-order valence-electron chi connectivity index (χ0n) is 17.3. The summed E-state index contributed by atoms with van der Waals surface area (Å²) in [5, 5.41) is 11.3. The lowest BCUT2D eigenvalue weighted by Gasteiger charge is -2.20. The number of aromatic nitrogens is 1. The molecule has 3 heterocycles. The number of ether oxygens (including phenoxy) is 1. The van der Waals surface area contributed by atoms with Crippen molar-refractivity contribution in [3.8, 4) is 5.75 Å². The number of aliphatic hydroxyl groups is 1. The van der Waals surface area contributed by atoms with Crippen LogP contribution < -0.4 is 9.64 Å². The molecule has 1 aliphatic heterocycles. The fourth-order valence-electron chi connectivity index (χ4n) is 3.77. The second-order valence-corrected chi connectivity index (χ2v) is 8.26. The second kappa shape index (κ2) is 8.18. The van der Waals surface area contributed by atoms with Gasteiger partial charge in [0.15, 0.2) is 5.13 Å². The van der Waals surface area contributed by atoms with E-state index in [4.69, 9.17) is 9.15 Å². The van der Waals surface area contributed by atoms with Gasteiger partial charge in [-0.2, -0.15) is 0 Å². The Hall–Kier alpha value is -3.98. The Bertz CT molecular complexity index is 1390. The summed E-state index contributed by atoms with van der Waals surface area (Å²) in [6.45, 7) is 2.34. The van der Waals surface area contributed by atoms with Crippen LogP contribution >= 0.6 is 11.3 Å². The van der Waals surface area contributed by atoms with Gasteiger partial charge in [-0.05, 0) is 61.5 Å². The number of anilines is 1. The molecule has 1 saturated heterocycles. The van der Waals surface area contributed by atoms with Crippen molar-refractivity contribution >= 4 is 44.1 Å². The Morgan fingerprint density at radius 2 is 2.00 bits per heavy atom. The molecular formula is C24H17FN2O5S. The van der Waals surface area contributed by atoms with E-state index in [1.54, 1.807) is 36.4 Å². The first-order valence-corrected chi connectivity index (χ1v) is 10.9. The predicted octanol–water partition coefficient (Wildman–Crippen LogP) is 5.05. The minimum atomic E-state index is -1.03. The molecule has 2 aromatic heterocycles. The van der Waals surface area contributed by atoms with Crippen LogP contribution in [0.25, 0.3) is 16.0 Å². The topological polar surface area (TPSA) is 92.9 Å². The number of nitrogens with zero attached hydrogens (tertiary/aromatic N) is 2. The predicted molar refractivity (Wildman–Crippen MR) is 121 cm³/mol. The zero-order valence-corrected chi connectivity index (χ0v) is 18.1. The number of thiazole rings is 1. The number of furan rings is 1. The summed E-state index contributed by atoms with van der Waals surface area (Å²) in [6, 6.07) is 12.8. The van der Waals surface area contributed by atoms with E-state index in [0.29, 0.717) is 28.1 Å². The number of carbonyl (C=O) groups excluding carboxylic acids is 2. The summed E-state index contributed by atoms with van der Waals surface area (Å²) in [7, 11) is 0. The number of Topliss-reactive ketones (excluding diaryl/α,β-unsaturated/α-hetero) is 1. The number of carbonyl (C=O) groups is 2. The van der Waals surface area contributed by atoms with E-state index in [1.807, 2.05) is 6.92 Å². The number of rotatable bonds is 5. The fourth-order valence-corrected chi connectivity index (χ4v) is 4.78. The van der Waals surface area contributed by atoms with Gasteiger partial charge < -0.3 is 14.3 Å². The van der Waals surface area contributed by atoms with Gasteiger partial charge in [0.25, 0.3) is 5.78 Å². The average molecular weight is 464 g/mol. The standard InChI is InChI=1S/C24H17FN2O5S/c1-2-31-15-8-5-13(6-9-15)21(28)19-20(17-4-3-11-32-17)27(23(30)22(19)29)24-26-16-10-7-14(25)12-18(16)33-24/h3-12,20,28H,2H2,1H3. The first-order valence-electron chi connectivity index (χ1n) is 10.1. The lowest BCUT2D eigenvalue weighted by molar-refractivity contribution is -0.132. The van der Waals surface area contributed by atoms with Crippen molar-refractivity contribution in [1.29, 1.82) is 0 Å². The molecule has 33 heavy (non-hydrogen) atoms. The number of benzene rings is 2. The molecule has 7 nitrogen and oxygen atoms in total. The van der Waals surface area contributed by atoms with E-state index in [2.05, 4.69) is 4.98 Å². The molecule has 0 saturated carbocycles. The van der Waals surface area contributed by atoms with Crippen molar-refractivity contribution in [3.63, 3.8) is 0 Å². The molecule has 0 aliphatic carbocycles. The molecule has 0 spiro atoms. The van der Waals surface area contributed by atoms with Crippen LogP contribution in [0.2, 0.25) is 0 Å². The Labute approximate surface area is 191 Å². The van der Waals surface area contributed by atoms with Gasteiger partial charge >= 0.3 is 5.91 Å². The van der Waals surface area contributed by atoms with E-state index in [1.165, 1.54) is 29.4 Å². The Morgan fingerprint density at radius 3 is 2.70 bits per heavy atom. The van der Waals surface area contributed by atoms with Crippen molar-refractivity contribution in [2.75, 3.05) is 11.5 Å². The van der Waals surface area contributed by atoms with Gasteiger partial charge in [0.05, 0.1) is 28.7 Å². The zero-order chi connectivity index (χ0) is 23.1. The number of hydrogen-bond acceptors (Lipinski definition) is 7. The van der Waals surface area contributed by atoms with Crippen LogP contribution in [-0.4, -0.2) is 28.4 Å². The average Bonchev–Trinajstić information content (AvgIpc) is 3.53. The van der Waals surface area contributed by atoms with E-state index in [-0.39, 0.29) is 22.2 Å². The van der Waals surface area contributed by atoms with E-state index in [9.17, 15) is 19.1 Å². The Morgan fingerprint density at radius 1 is 1.21 bits per heavy atom. The highest BCUT2D eigenvalue weighted by molar-refractivity contribution is 7.22.